The molecule has 90 valence electrons. The maximum absolute atomic E-state index is 11.6. The molecule has 0 rings (SSSR count). The van der Waals surface area contributed by atoms with Crippen LogP contribution in [0.5, 0.6) is 0 Å². The highest BCUT2D eigenvalue weighted by Crippen LogP contribution is 2.11. The standard InChI is InChI=1S/C10H22N2O3/c1-7(8(11)6-13)12(5)9(14)15-10(2,3)4/h7-8,13H,6,11H2,1-5H3. The Bertz CT molecular complexity index is 213. The number of ether oxygens (including phenoxy) is 1. The number of carbonyl (C=O) groups is 1. The summed E-state index contributed by atoms with van der Waals surface area (Å²) in [6.07, 6.45) is -0.432. The first kappa shape index (κ1) is 14.2. The predicted molar refractivity (Wildman–Crippen MR) is 58.5 cm³/mol. The minimum atomic E-state index is -0.519. The molecule has 5 heteroatoms. The van der Waals surface area contributed by atoms with Crippen LogP contribution < -0.4 is 5.73 Å². The summed E-state index contributed by atoms with van der Waals surface area (Å²) in [5, 5.41) is 8.86. The lowest BCUT2D eigenvalue weighted by Gasteiger charge is -2.31. The van der Waals surface area contributed by atoms with Crippen LogP contribution in [-0.2, 0) is 4.74 Å². The van der Waals surface area contributed by atoms with E-state index in [2.05, 4.69) is 0 Å². The molecule has 0 aromatic carbocycles. The molecule has 1 amide bonds. The number of nitrogens with zero attached hydrogens (tertiary/aromatic N) is 1. The van der Waals surface area contributed by atoms with Crippen molar-refractivity contribution in [1.82, 2.24) is 4.90 Å². The zero-order chi connectivity index (χ0) is 12.2. The molecular weight excluding hydrogens is 196 g/mol. The number of hydrogen-bond donors (Lipinski definition) is 2. The zero-order valence-corrected chi connectivity index (χ0v) is 10.2. The fourth-order valence-electron chi connectivity index (χ4n) is 0.940. The Labute approximate surface area is 91.2 Å². The highest BCUT2D eigenvalue weighted by molar-refractivity contribution is 5.68. The normalized spacial score (nSPS) is 15.7. The van der Waals surface area contributed by atoms with Crippen LogP contribution in [0.15, 0.2) is 0 Å². The molecule has 0 fully saturated rings. The number of carbonyl (C=O) groups excluding carboxylic acids is 1. The first-order chi connectivity index (χ1) is 6.69. The van der Waals surface area contributed by atoms with Crippen LogP contribution in [0.25, 0.3) is 0 Å². The minimum Gasteiger partial charge on any atom is -0.444 e. The summed E-state index contributed by atoms with van der Waals surface area (Å²) in [4.78, 5) is 13.0. The van der Waals surface area contributed by atoms with Gasteiger partial charge >= 0.3 is 6.09 Å². The number of rotatable bonds is 3. The molecule has 2 unspecified atom stereocenters. The van der Waals surface area contributed by atoms with Crippen molar-refractivity contribution in [2.75, 3.05) is 13.7 Å². The average molecular weight is 218 g/mol. The van der Waals surface area contributed by atoms with Gasteiger partial charge in [-0.25, -0.2) is 4.79 Å². The third kappa shape index (κ3) is 4.99. The zero-order valence-electron chi connectivity index (χ0n) is 10.2. The van der Waals surface area contributed by atoms with Crippen molar-refractivity contribution < 1.29 is 14.6 Å². The van der Waals surface area contributed by atoms with Gasteiger partial charge in [0.15, 0.2) is 0 Å². The lowest BCUT2D eigenvalue weighted by Crippen LogP contribution is -2.49. The number of aliphatic hydroxyl groups excluding tert-OH is 1. The van der Waals surface area contributed by atoms with Crippen molar-refractivity contribution in [2.24, 2.45) is 5.73 Å². The van der Waals surface area contributed by atoms with Crippen LogP contribution in [0.3, 0.4) is 0 Å². The quantitative estimate of drug-likeness (QED) is 0.725. The van der Waals surface area contributed by atoms with Gasteiger partial charge in [-0.2, -0.15) is 0 Å². The first-order valence-electron chi connectivity index (χ1n) is 5.01. The van der Waals surface area contributed by atoms with Crippen molar-refractivity contribution in [2.45, 2.75) is 45.4 Å². The van der Waals surface area contributed by atoms with Gasteiger partial charge in [-0.1, -0.05) is 0 Å². The highest BCUT2D eigenvalue weighted by Gasteiger charge is 2.25. The van der Waals surface area contributed by atoms with E-state index >= 15 is 0 Å². The van der Waals surface area contributed by atoms with Crippen molar-refractivity contribution in [3.8, 4) is 0 Å². The number of hydrogen-bond acceptors (Lipinski definition) is 4. The van der Waals surface area contributed by atoms with Gasteiger partial charge in [-0.3, -0.25) is 0 Å². The molecule has 0 saturated heterocycles. The monoisotopic (exact) mass is 218 g/mol. The van der Waals surface area contributed by atoms with E-state index in [0.29, 0.717) is 0 Å². The van der Waals surface area contributed by atoms with Crippen LogP contribution in [0.1, 0.15) is 27.7 Å². The Morgan fingerprint density at radius 2 is 2.00 bits per heavy atom. The van der Waals surface area contributed by atoms with Gasteiger partial charge in [0.05, 0.1) is 6.61 Å². The molecule has 0 bridgehead atoms. The van der Waals surface area contributed by atoms with E-state index in [-0.39, 0.29) is 12.6 Å². The van der Waals surface area contributed by atoms with E-state index in [1.165, 1.54) is 4.90 Å². The average Bonchev–Trinajstić information content (AvgIpc) is 2.11. The molecule has 0 aromatic rings. The Morgan fingerprint density at radius 1 is 1.53 bits per heavy atom. The van der Waals surface area contributed by atoms with Crippen LogP contribution in [0.2, 0.25) is 0 Å². The van der Waals surface area contributed by atoms with Crippen molar-refractivity contribution in [3.63, 3.8) is 0 Å². The largest absolute Gasteiger partial charge is 0.444 e. The number of amides is 1. The summed E-state index contributed by atoms with van der Waals surface area (Å²) in [7, 11) is 1.61. The lowest BCUT2D eigenvalue weighted by atomic mass is 10.1. The molecule has 0 spiro atoms. The molecule has 3 N–H and O–H groups in total. The van der Waals surface area contributed by atoms with E-state index < -0.39 is 17.7 Å². The molecular formula is C10H22N2O3. The second-order valence-corrected chi connectivity index (χ2v) is 4.68. The molecule has 0 radical (unpaired) electrons. The molecule has 0 aromatic heterocycles. The van der Waals surface area contributed by atoms with Crippen molar-refractivity contribution in [1.29, 1.82) is 0 Å². The second-order valence-electron chi connectivity index (χ2n) is 4.68. The molecule has 2 atom stereocenters. The molecule has 0 aliphatic heterocycles. The van der Waals surface area contributed by atoms with Gasteiger partial charge in [0, 0.05) is 19.1 Å². The molecule has 0 heterocycles. The maximum atomic E-state index is 11.6. The predicted octanol–water partition coefficient (Wildman–Crippen LogP) is 0.561. The van der Waals surface area contributed by atoms with Crippen molar-refractivity contribution in [3.05, 3.63) is 0 Å². The van der Waals surface area contributed by atoms with Gasteiger partial charge in [0.1, 0.15) is 5.60 Å². The minimum absolute atomic E-state index is 0.158. The highest BCUT2D eigenvalue weighted by atomic mass is 16.6. The van der Waals surface area contributed by atoms with Crippen LogP contribution in [0, 0.1) is 0 Å². The van der Waals surface area contributed by atoms with Crippen molar-refractivity contribution >= 4 is 6.09 Å². The summed E-state index contributed by atoms with van der Waals surface area (Å²) in [6.45, 7) is 7.01. The Hall–Kier alpha value is -0.810. The second kappa shape index (κ2) is 5.32. The summed E-state index contributed by atoms with van der Waals surface area (Å²) >= 11 is 0. The van der Waals surface area contributed by atoms with Crippen LogP contribution in [0.4, 0.5) is 4.79 Å². The van der Waals surface area contributed by atoms with Crippen LogP contribution >= 0.6 is 0 Å². The van der Waals surface area contributed by atoms with Crippen LogP contribution in [-0.4, -0.2) is 47.4 Å². The third-order valence-corrected chi connectivity index (χ3v) is 2.12. The fraction of sp³-hybridized carbons (Fsp3) is 0.900. The summed E-state index contributed by atoms with van der Waals surface area (Å²) in [5.41, 5.74) is 5.10. The van der Waals surface area contributed by atoms with Gasteiger partial charge in [0.25, 0.3) is 0 Å². The van der Waals surface area contributed by atoms with Gasteiger partial charge in [0.2, 0.25) is 0 Å². The molecule has 15 heavy (non-hydrogen) atoms. The SMILES string of the molecule is CC(C(N)CO)N(C)C(=O)OC(C)(C)C. The summed E-state index contributed by atoms with van der Waals surface area (Å²) in [5.74, 6) is 0. The number of likely N-dealkylation sites (N-methyl/N-ethyl adjacent to an activating group) is 1. The Kier molecular flexibility index (Phi) is 5.03. The lowest BCUT2D eigenvalue weighted by molar-refractivity contribution is 0.0198. The summed E-state index contributed by atoms with van der Waals surface area (Å²) in [6, 6.07) is -0.715. The number of aliphatic hydroxyl groups is 1. The number of nitrogens with two attached hydrogens (primary N) is 1. The van der Waals surface area contributed by atoms with E-state index in [1.807, 2.05) is 0 Å². The first-order valence-corrected chi connectivity index (χ1v) is 5.01. The molecule has 0 aliphatic rings. The fourth-order valence-corrected chi connectivity index (χ4v) is 0.940. The van der Waals surface area contributed by atoms with Gasteiger partial charge in [-0.15, -0.1) is 0 Å². The smallest absolute Gasteiger partial charge is 0.410 e. The Morgan fingerprint density at radius 3 is 2.33 bits per heavy atom. The third-order valence-electron chi connectivity index (χ3n) is 2.12. The Balaban J connectivity index is 4.32. The summed E-state index contributed by atoms with van der Waals surface area (Å²) < 4.78 is 5.17. The van der Waals surface area contributed by atoms with E-state index in [9.17, 15) is 4.79 Å². The van der Waals surface area contributed by atoms with Gasteiger partial charge in [-0.05, 0) is 27.7 Å². The van der Waals surface area contributed by atoms with E-state index in [1.54, 1.807) is 34.7 Å². The van der Waals surface area contributed by atoms with E-state index in [0.717, 1.165) is 0 Å². The molecule has 0 saturated carbocycles. The van der Waals surface area contributed by atoms with Gasteiger partial charge < -0.3 is 20.5 Å². The molecule has 5 nitrogen and oxygen atoms in total. The molecule has 0 aliphatic carbocycles. The van der Waals surface area contributed by atoms with E-state index in [4.69, 9.17) is 15.6 Å². The maximum Gasteiger partial charge on any atom is 0.410 e. The topological polar surface area (TPSA) is 75.8 Å².